The van der Waals surface area contributed by atoms with Crippen molar-refractivity contribution in [1.29, 1.82) is 0 Å². The first kappa shape index (κ1) is 17.0. The number of piperidine rings is 1. The van der Waals surface area contributed by atoms with Gasteiger partial charge >= 0.3 is 0 Å². The van der Waals surface area contributed by atoms with Gasteiger partial charge in [-0.1, -0.05) is 13.0 Å². The van der Waals surface area contributed by atoms with Crippen molar-refractivity contribution in [2.45, 2.75) is 45.6 Å². The maximum Gasteiger partial charge on any atom is 0.160 e. The molecule has 0 spiro atoms. The Balaban J connectivity index is 1.67. The number of hydrogen-bond acceptors (Lipinski definition) is 5. The largest absolute Gasteiger partial charge is 0.385 e. The fourth-order valence-electron chi connectivity index (χ4n) is 3.70. The molecule has 0 unspecified atom stereocenters. The van der Waals surface area contributed by atoms with Gasteiger partial charge in [-0.25, -0.2) is 4.98 Å². The highest BCUT2D eigenvalue weighted by molar-refractivity contribution is 5.57. The lowest BCUT2D eigenvalue weighted by atomic mass is 9.85. The minimum Gasteiger partial charge on any atom is -0.385 e. The second-order valence-corrected chi connectivity index (χ2v) is 7.17. The number of rotatable bonds is 3. The monoisotopic (exact) mass is 351 g/mol. The number of pyridine rings is 1. The molecule has 136 valence electrons. The van der Waals surface area contributed by atoms with E-state index < -0.39 is 5.60 Å². The van der Waals surface area contributed by atoms with Crippen molar-refractivity contribution in [3.05, 3.63) is 53.1 Å². The van der Waals surface area contributed by atoms with Crippen LogP contribution in [0.2, 0.25) is 0 Å². The molecular formula is C20H25N5O. The summed E-state index contributed by atoms with van der Waals surface area (Å²) < 4.78 is 1.96. The number of aliphatic hydroxyl groups is 1. The van der Waals surface area contributed by atoms with E-state index in [4.69, 9.17) is 10.1 Å². The third kappa shape index (κ3) is 2.74. The summed E-state index contributed by atoms with van der Waals surface area (Å²) in [7, 11) is 0. The molecule has 1 aliphatic heterocycles. The van der Waals surface area contributed by atoms with E-state index in [-0.39, 0.29) is 0 Å². The second-order valence-electron chi connectivity index (χ2n) is 7.17. The van der Waals surface area contributed by atoms with E-state index in [0.717, 1.165) is 53.5 Å². The van der Waals surface area contributed by atoms with Crippen LogP contribution in [0.5, 0.6) is 0 Å². The standard InChI is InChI=1S/C20H25N5O/c1-4-17-12-18(25-19(22-17)14(2)15(3)23-25)24-10-7-20(26,8-11-24)16-6-5-9-21-13-16/h5-6,9,12-13,26H,4,7-8,10-11H2,1-3H3. The SMILES string of the molecule is CCc1cc(N2CCC(O)(c3cccnc3)CC2)n2nc(C)c(C)c2n1. The van der Waals surface area contributed by atoms with Gasteiger partial charge in [-0.2, -0.15) is 9.61 Å². The molecule has 26 heavy (non-hydrogen) atoms. The predicted molar refractivity (Wildman–Crippen MR) is 101 cm³/mol. The van der Waals surface area contributed by atoms with Crippen molar-refractivity contribution in [2.75, 3.05) is 18.0 Å². The molecule has 1 fully saturated rings. The maximum atomic E-state index is 11.1. The van der Waals surface area contributed by atoms with Gasteiger partial charge in [0.2, 0.25) is 0 Å². The molecule has 6 heteroatoms. The van der Waals surface area contributed by atoms with Crippen LogP contribution in [-0.4, -0.2) is 37.8 Å². The zero-order valence-electron chi connectivity index (χ0n) is 15.6. The fourth-order valence-corrected chi connectivity index (χ4v) is 3.70. The number of anilines is 1. The van der Waals surface area contributed by atoms with Crippen molar-refractivity contribution in [3.8, 4) is 0 Å². The lowest BCUT2D eigenvalue weighted by Crippen LogP contribution is -2.43. The van der Waals surface area contributed by atoms with Crippen LogP contribution in [0.4, 0.5) is 5.82 Å². The molecule has 4 heterocycles. The molecule has 0 atom stereocenters. The number of aromatic nitrogens is 4. The molecule has 1 N–H and O–H groups in total. The summed E-state index contributed by atoms with van der Waals surface area (Å²) in [5.41, 5.74) is 4.25. The minimum absolute atomic E-state index is 0.670. The molecule has 0 bridgehead atoms. The zero-order chi connectivity index (χ0) is 18.3. The van der Waals surface area contributed by atoms with E-state index in [1.165, 1.54) is 0 Å². The number of aryl methyl sites for hydroxylation is 3. The molecule has 4 rings (SSSR count). The number of nitrogens with zero attached hydrogens (tertiary/aromatic N) is 5. The third-order valence-corrected chi connectivity index (χ3v) is 5.57. The first-order valence-corrected chi connectivity index (χ1v) is 9.25. The lowest BCUT2D eigenvalue weighted by Gasteiger charge is -2.39. The normalized spacial score (nSPS) is 17.0. The van der Waals surface area contributed by atoms with Crippen LogP contribution in [0.25, 0.3) is 5.65 Å². The molecule has 0 aromatic carbocycles. The van der Waals surface area contributed by atoms with Crippen LogP contribution in [-0.2, 0) is 12.0 Å². The summed E-state index contributed by atoms with van der Waals surface area (Å²) in [5, 5.41) is 15.8. The average molecular weight is 351 g/mol. The van der Waals surface area contributed by atoms with Crippen molar-refractivity contribution in [3.63, 3.8) is 0 Å². The second kappa shape index (κ2) is 6.36. The van der Waals surface area contributed by atoms with Crippen molar-refractivity contribution in [1.82, 2.24) is 19.6 Å². The lowest BCUT2D eigenvalue weighted by molar-refractivity contribution is 0.0113. The van der Waals surface area contributed by atoms with Crippen molar-refractivity contribution < 1.29 is 5.11 Å². The third-order valence-electron chi connectivity index (χ3n) is 5.57. The molecular weight excluding hydrogens is 326 g/mol. The van der Waals surface area contributed by atoms with Crippen molar-refractivity contribution in [2.24, 2.45) is 0 Å². The average Bonchev–Trinajstić information content (AvgIpc) is 2.97. The van der Waals surface area contributed by atoms with Gasteiger partial charge in [0, 0.05) is 48.4 Å². The molecule has 0 aliphatic carbocycles. The molecule has 0 radical (unpaired) electrons. The Bertz CT molecular complexity index is 926. The number of fused-ring (bicyclic) bond motifs is 1. The van der Waals surface area contributed by atoms with Crippen LogP contribution in [0.15, 0.2) is 30.6 Å². The fraction of sp³-hybridized carbons (Fsp3) is 0.450. The summed E-state index contributed by atoms with van der Waals surface area (Å²) in [6.45, 7) is 7.76. The van der Waals surface area contributed by atoms with Crippen LogP contribution in [0.1, 0.15) is 42.3 Å². The molecule has 1 aliphatic rings. The molecule has 1 saturated heterocycles. The topological polar surface area (TPSA) is 66.5 Å². The Kier molecular flexibility index (Phi) is 4.15. The summed E-state index contributed by atoms with van der Waals surface area (Å²) in [6.07, 6.45) is 5.74. The van der Waals surface area contributed by atoms with Crippen LogP contribution in [0.3, 0.4) is 0 Å². The maximum absolute atomic E-state index is 11.1. The summed E-state index contributed by atoms with van der Waals surface area (Å²) in [5.74, 6) is 1.07. The minimum atomic E-state index is -0.805. The van der Waals surface area contributed by atoms with E-state index in [9.17, 15) is 5.11 Å². The van der Waals surface area contributed by atoms with Gasteiger partial charge in [0.05, 0.1) is 11.3 Å². The highest BCUT2D eigenvalue weighted by Crippen LogP contribution is 2.34. The molecule has 0 amide bonds. The van der Waals surface area contributed by atoms with Gasteiger partial charge in [0.15, 0.2) is 5.65 Å². The molecule has 6 nitrogen and oxygen atoms in total. The Morgan fingerprint density at radius 3 is 2.65 bits per heavy atom. The molecule has 3 aromatic rings. The Morgan fingerprint density at radius 1 is 1.23 bits per heavy atom. The summed E-state index contributed by atoms with van der Waals surface area (Å²) in [4.78, 5) is 11.2. The van der Waals surface area contributed by atoms with Gasteiger partial charge in [-0.05, 0) is 39.2 Å². The van der Waals surface area contributed by atoms with Crippen LogP contribution >= 0.6 is 0 Å². The van der Waals surface area contributed by atoms with Crippen molar-refractivity contribution >= 4 is 11.5 Å². The summed E-state index contributed by atoms with van der Waals surface area (Å²) >= 11 is 0. The summed E-state index contributed by atoms with van der Waals surface area (Å²) in [6, 6.07) is 5.98. The predicted octanol–water partition coefficient (Wildman–Crippen LogP) is 2.79. The Morgan fingerprint density at radius 2 is 2.00 bits per heavy atom. The van der Waals surface area contributed by atoms with Gasteiger partial charge in [-0.15, -0.1) is 0 Å². The highest BCUT2D eigenvalue weighted by atomic mass is 16.3. The first-order valence-electron chi connectivity index (χ1n) is 9.25. The van der Waals surface area contributed by atoms with Gasteiger partial charge in [-0.3, -0.25) is 4.98 Å². The van der Waals surface area contributed by atoms with E-state index in [0.29, 0.717) is 12.8 Å². The zero-order valence-corrected chi connectivity index (χ0v) is 15.6. The van der Waals surface area contributed by atoms with E-state index in [1.54, 1.807) is 12.4 Å². The van der Waals surface area contributed by atoms with Gasteiger partial charge in [0.1, 0.15) is 5.82 Å². The van der Waals surface area contributed by atoms with Gasteiger partial charge in [0.25, 0.3) is 0 Å². The van der Waals surface area contributed by atoms with Gasteiger partial charge < -0.3 is 10.0 Å². The van der Waals surface area contributed by atoms with Crippen LogP contribution in [0, 0.1) is 13.8 Å². The molecule has 0 saturated carbocycles. The highest BCUT2D eigenvalue weighted by Gasteiger charge is 2.35. The van der Waals surface area contributed by atoms with E-state index >= 15 is 0 Å². The van der Waals surface area contributed by atoms with E-state index in [2.05, 4.69) is 29.8 Å². The quantitative estimate of drug-likeness (QED) is 0.786. The Hall–Kier alpha value is -2.47. The Labute approximate surface area is 153 Å². The van der Waals surface area contributed by atoms with E-state index in [1.807, 2.05) is 23.6 Å². The smallest absolute Gasteiger partial charge is 0.160 e. The number of hydrogen-bond donors (Lipinski definition) is 1. The first-order chi connectivity index (χ1) is 12.5. The van der Waals surface area contributed by atoms with Crippen LogP contribution < -0.4 is 4.90 Å². The molecule has 3 aromatic heterocycles.